The minimum Gasteiger partial charge on any atom is -0.465 e. The van der Waals surface area contributed by atoms with Crippen molar-refractivity contribution in [2.24, 2.45) is 0 Å². The zero-order valence-corrected chi connectivity index (χ0v) is 9.05. The summed E-state index contributed by atoms with van der Waals surface area (Å²) < 4.78 is 15.8. The van der Waals surface area contributed by atoms with E-state index in [1.165, 1.54) is 0 Å². The van der Waals surface area contributed by atoms with Gasteiger partial charge >= 0.3 is 5.97 Å². The van der Waals surface area contributed by atoms with Crippen LogP contribution in [-0.4, -0.2) is 29.8 Å². The first-order chi connectivity index (χ1) is 6.02. The van der Waals surface area contributed by atoms with E-state index in [-0.39, 0.29) is 12.3 Å². The third kappa shape index (κ3) is 6.79. The van der Waals surface area contributed by atoms with Crippen molar-refractivity contribution in [3.05, 3.63) is 0 Å². The summed E-state index contributed by atoms with van der Waals surface area (Å²) in [6, 6.07) is 0. The van der Waals surface area contributed by atoms with Gasteiger partial charge in [-0.2, -0.15) is 0 Å². The van der Waals surface area contributed by atoms with Gasteiger partial charge in [0.15, 0.2) is 0 Å². The lowest BCUT2D eigenvalue weighted by molar-refractivity contribution is -0.140. The molecule has 0 aromatic heterocycles. The molecule has 0 bridgehead atoms. The highest BCUT2D eigenvalue weighted by atomic mass is 31.2. The van der Waals surface area contributed by atoms with Gasteiger partial charge in [0.1, 0.15) is 6.16 Å². The molecule has 1 unspecified atom stereocenters. The number of carbonyl (C=O) groups is 1. The molecule has 0 saturated heterocycles. The van der Waals surface area contributed by atoms with E-state index < -0.39 is 13.3 Å². The molecule has 4 nitrogen and oxygen atoms in total. The maximum Gasteiger partial charge on any atom is 0.315 e. The van der Waals surface area contributed by atoms with Crippen LogP contribution in [0.25, 0.3) is 0 Å². The molecule has 0 aromatic rings. The second kappa shape index (κ2) is 6.17. The lowest BCUT2D eigenvalue weighted by atomic mass is 10.4. The van der Waals surface area contributed by atoms with Crippen LogP contribution in [0.3, 0.4) is 0 Å². The van der Waals surface area contributed by atoms with E-state index in [1.54, 1.807) is 6.92 Å². The quantitative estimate of drug-likeness (QED) is 0.409. The molecule has 0 heterocycles. The Hall–Kier alpha value is -0.340. The standard InChI is InChI=1S/C8H17O4P/c1-3-5-6-12-8(9)7-13(10,11)4-2/h3-7H2,1-2H3,(H,10,11). The highest BCUT2D eigenvalue weighted by Crippen LogP contribution is 2.39. The van der Waals surface area contributed by atoms with E-state index in [4.69, 9.17) is 9.63 Å². The monoisotopic (exact) mass is 208 g/mol. The number of unbranched alkanes of at least 4 members (excludes halogenated alkanes) is 1. The number of ether oxygens (including phenoxy) is 1. The van der Waals surface area contributed by atoms with E-state index >= 15 is 0 Å². The Morgan fingerprint density at radius 1 is 1.46 bits per heavy atom. The Morgan fingerprint density at radius 3 is 2.54 bits per heavy atom. The molecule has 0 fully saturated rings. The van der Waals surface area contributed by atoms with E-state index in [9.17, 15) is 9.36 Å². The number of esters is 1. The van der Waals surface area contributed by atoms with Crippen LogP contribution in [0.4, 0.5) is 0 Å². The molecule has 0 aliphatic carbocycles. The van der Waals surface area contributed by atoms with Crippen molar-refractivity contribution in [3.8, 4) is 0 Å². The predicted molar refractivity (Wildman–Crippen MR) is 51.1 cm³/mol. The Labute approximate surface area is 78.7 Å². The smallest absolute Gasteiger partial charge is 0.315 e. The van der Waals surface area contributed by atoms with Crippen LogP contribution < -0.4 is 0 Å². The van der Waals surface area contributed by atoms with Crippen molar-refractivity contribution >= 4 is 13.3 Å². The van der Waals surface area contributed by atoms with Gasteiger partial charge in [0.25, 0.3) is 0 Å². The third-order valence-corrected chi connectivity index (χ3v) is 3.37. The van der Waals surface area contributed by atoms with Gasteiger partial charge in [0.2, 0.25) is 7.37 Å². The van der Waals surface area contributed by atoms with Crippen LogP contribution in [0.5, 0.6) is 0 Å². The molecule has 0 rings (SSSR count). The van der Waals surface area contributed by atoms with Gasteiger partial charge in [-0.15, -0.1) is 0 Å². The van der Waals surface area contributed by atoms with Gasteiger partial charge in [-0.1, -0.05) is 20.3 Å². The second-order valence-corrected chi connectivity index (χ2v) is 5.54. The Bertz CT molecular complexity index is 202. The Balaban J connectivity index is 3.68. The maximum absolute atomic E-state index is 11.1. The fourth-order valence-corrected chi connectivity index (χ4v) is 1.41. The van der Waals surface area contributed by atoms with E-state index in [1.807, 2.05) is 6.92 Å². The van der Waals surface area contributed by atoms with Gasteiger partial charge in [-0.3, -0.25) is 9.36 Å². The number of rotatable bonds is 6. The lowest BCUT2D eigenvalue weighted by Gasteiger charge is -2.08. The largest absolute Gasteiger partial charge is 0.465 e. The van der Waals surface area contributed by atoms with Crippen molar-refractivity contribution in [1.82, 2.24) is 0 Å². The fourth-order valence-electron chi connectivity index (χ4n) is 0.690. The molecule has 0 aliphatic heterocycles. The van der Waals surface area contributed by atoms with Crippen molar-refractivity contribution < 1.29 is 19.0 Å². The zero-order chi connectivity index (χ0) is 10.3. The summed E-state index contributed by atoms with van der Waals surface area (Å²) in [5, 5.41) is 0. The summed E-state index contributed by atoms with van der Waals surface area (Å²) in [5.74, 6) is -0.568. The summed E-state index contributed by atoms with van der Waals surface area (Å²) in [7, 11) is -3.25. The molecule has 78 valence electrons. The van der Waals surface area contributed by atoms with Crippen molar-refractivity contribution in [2.75, 3.05) is 18.9 Å². The van der Waals surface area contributed by atoms with Gasteiger partial charge in [-0.05, 0) is 6.42 Å². The number of carbonyl (C=O) groups excluding carboxylic acids is 1. The second-order valence-electron chi connectivity index (χ2n) is 2.89. The highest BCUT2D eigenvalue weighted by Gasteiger charge is 2.20. The Kier molecular flexibility index (Phi) is 6.00. The minimum atomic E-state index is -3.25. The van der Waals surface area contributed by atoms with Crippen LogP contribution in [0.2, 0.25) is 0 Å². The van der Waals surface area contributed by atoms with Crippen LogP contribution in [-0.2, 0) is 14.1 Å². The average Bonchev–Trinajstić information content (AvgIpc) is 2.04. The summed E-state index contributed by atoms with van der Waals surface area (Å²) in [6.45, 7) is 3.91. The molecule has 1 atom stereocenters. The number of hydrogen-bond donors (Lipinski definition) is 1. The first-order valence-corrected chi connectivity index (χ1v) is 6.51. The molecule has 0 spiro atoms. The normalized spacial score (nSPS) is 15.0. The van der Waals surface area contributed by atoms with Gasteiger partial charge in [0.05, 0.1) is 6.61 Å². The third-order valence-electron chi connectivity index (χ3n) is 1.63. The molecule has 0 saturated carbocycles. The molecule has 0 aromatic carbocycles. The SMILES string of the molecule is CCCCOC(=O)CP(=O)(O)CC. The first kappa shape index (κ1) is 12.7. The van der Waals surface area contributed by atoms with Crippen molar-refractivity contribution in [1.29, 1.82) is 0 Å². The van der Waals surface area contributed by atoms with E-state index in [0.29, 0.717) is 6.61 Å². The van der Waals surface area contributed by atoms with Gasteiger partial charge in [0, 0.05) is 6.16 Å². The predicted octanol–water partition coefficient (Wildman–Crippen LogP) is 1.62. The van der Waals surface area contributed by atoms with Crippen molar-refractivity contribution in [3.63, 3.8) is 0 Å². The van der Waals surface area contributed by atoms with Crippen molar-refractivity contribution in [2.45, 2.75) is 26.7 Å². The van der Waals surface area contributed by atoms with E-state index in [2.05, 4.69) is 0 Å². The topological polar surface area (TPSA) is 63.6 Å². The lowest BCUT2D eigenvalue weighted by Crippen LogP contribution is -2.11. The first-order valence-electron chi connectivity index (χ1n) is 4.48. The average molecular weight is 208 g/mol. The van der Waals surface area contributed by atoms with Gasteiger partial charge in [-0.25, -0.2) is 0 Å². The molecule has 13 heavy (non-hydrogen) atoms. The molecule has 0 aliphatic rings. The molecule has 0 radical (unpaired) electrons. The fraction of sp³-hybridized carbons (Fsp3) is 0.875. The van der Waals surface area contributed by atoms with Crippen LogP contribution in [0.1, 0.15) is 26.7 Å². The minimum absolute atomic E-state index is 0.121. The van der Waals surface area contributed by atoms with Gasteiger partial charge < -0.3 is 9.63 Å². The molecular formula is C8H17O4P. The molecule has 1 N–H and O–H groups in total. The number of hydrogen-bond acceptors (Lipinski definition) is 3. The zero-order valence-electron chi connectivity index (χ0n) is 8.15. The Morgan fingerprint density at radius 2 is 2.08 bits per heavy atom. The molecule has 0 amide bonds. The summed E-state index contributed by atoms with van der Waals surface area (Å²) in [6.07, 6.45) is 1.51. The summed E-state index contributed by atoms with van der Waals surface area (Å²) in [4.78, 5) is 20.0. The van der Waals surface area contributed by atoms with E-state index in [0.717, 1.165) is 12.8 Å². The molecular weight excluding hydrogens is 191 g/mol. The summed E-state index contributed by atoms with van der Waals surface area (Å²) in [5.41, 5.74) is 0. The maximum atomic E-state index is 11.1. The van der Waals surface area contributed by atoms with Crippen LogP contribution >= 0.6 is 7.37 Å². The molecule has 5 heteroatoms. The van der Waals surface area contributed by atoms with Crippen LogP contribution in [0, 0.1) is 0 Å². The van der Waals surface area contributed by atoms with Crippen LogP contribution in [0.15, 0.2) is 0 Å². The summed E-state index contributed by atoms with van der Waals surface area (Å²) >= 11 is 0. The highest BCUT2D eigenvalue weighted by molar-refractivity contribution is 7.58.